The summed E-state index contributed by atoms with van der Waals surface area (Å²) in [5.74, 6) is -6.04. The molecule has 5 heterocycles. The number of nitrogens with one attached hydrogen (secondary N) is 2. The van der Waals surface area contributed by atoms with Gasteiger partial charge in [0.2, 0.25) is 11.3 Å². The van der Waals surface area contributed by atoms with Gasteiger partial charge in [-0.05, 0) is 112 Å². The Morgan fingerprint density at radius 3 is 2.28 bits per heavy atom. The Hall–Kier alpha value is -5.05. The van der Waals surface area contributed by atoms with Crippen LogP contribution in [0.1, 0.15) is 137 Å². The molecule has 0 unspecified atom stereocenters. The molecule has 5 fully saturated rings. The van der Waals surface area contributed by atoms with E-state index in [9.17, 15) is 39.0 Å². The zero-order valence-corrected chi connectivity index (χ0v) is 51.9. The minimum Gasteiger partial charge on any atom is -0.477 e. The molecular formula is C61H94FN5O18. The van der Waals surface area contributed by atoms with Crippen LogP contribution in [0.2, 0.25) is 0 Å². The lowest BCUT2D eigenvalue weighted by atomic mass is 9.73. The van der Waals surface area contributed by atoms with E-state index >= 15 is 4.39 Å². The van der Waals surface area contributed by atoms with E-state index in [1.807, 2.05) is 55.8 Å². The standard InChI is InChI=1S/C61H94FN5O18/c1-14-48-61(10)56(84-59(74)85-61)38(7)66(13)30-33(2)28-60(9,75)55(83-52-25-41(65(11)12)24-35(4)79-52)36(5)44(37(6)58(73)81-48)32-78-51-23-34(3)54(39(8)80-51)82-50(69)29-64-49(68)17-19-76-21-22-77-20-18-63-46-27-47-42(26-45(46)62)53(70)43(57(71)72)31-67(47)40-15-16-40/h26-27,31,33-41,44,48,51-52,54-56,63,75H,14-25,28-30,32H2,1-13H3,(H,64,68)(H,71,72)/t33-,34+,35-,36+,37-,38-,39+,41+,44+,48-,51-,52+,54-,55-,56+,60-,61-/m1/s1. The van der Waals surface area contributed by atoms with Gasteiger partial charge in [0.25, 0.3) is 0 Å². The number of aromatic carboxylic acids is 1. The summed E-state index contributed by atoms with van der Waals surface area (Å²) in [6.45, 7) is 19.8. The summed E-state index contributed by atoms with van der Waals surface area (Å²) in [6, 6.07) is 2.43. The van der Waals surface area contributed by atoms with Gasteiger partial charge >= 0.3 is 24.1 Å². The monoisotopic (exact) mass is 1200 g/mol. The Bertz CT molecular complexity index is 2680. The van der Waals surface area contributed by atoms with Crippen molar-refractivity contribution in [2.75, 3.05) is 79.1 Å². The second-order valence-corrected chi connectivity index (χ2v) is 25.2. The lowest BCUT2D eigenvalue weighted by Gasteiger charge is -2.46. The number of esters is 2. The van der Waals surface area contributed by atoms with Gasteiger partial charge in [0.15, 0.2) is 24.3 Å². The summed E-state index contributed by atoms with van der Waals surface area (Å²) in [4.78, 5) is 82.1. The number of fused-ring (bicyclic) bond motifs is 2. The number of benzene rings is 1. The molecule has 85 heavy (non-hydrogen) atoms. The van der Waals surface area contributed by atoms with E-state index in [1.54, 1.807) is 32.3 Å². The first kappa shape index (κ1) is 67.5. The number of carboxylic acids is 1. The summed E-state index contributed by atoms with van der Waals surface area (Å²) in [7, 11) is 5.99. The first-order valence-electron chi connectivity index (χ1n) is 30.4. The van der Waals surface area contributed by atoms with Crippen molar-refractivity contribution < 1.29 is 85.9 Å². The molecule has 0 spiro atoms. The topological polar surface area (TPSA) is 271 Å². The molecule has 1 aliphatic carbocycles. The number of likely N-dealkylation sites (N-methyl/N-ethyl adjacent to an activating group) is 1. The van der Waals surface area contributed by atoms with E-state index in [0.29, 0.717) is 37.7 Å². The highest BCUT2D eigenvalue weighted by molar-refractivity contribution is 5.93. The van der Waals surface area contributed by atoms with Crippen molar-refractivity contribution in [1.29, 1.82) is 0 Å². The highest BCUT2D eigenvalue weighted by Crippen LogP contribution is 2.42. The van der Waals surface area contributed by atoms with Crippen LogP contribution in [0.4, 0.5) is 14.9 Å². The zero-order valence-electron chi connectivity index (χ0n) is 51.9. The molecule has 1 aromatic heterocycles. The largest absolute Gasteiger partial charge is 0.509 e. The zero-order chi connectivity index (χ0) is 62.2. The molecule has 5 aliphatic rings. The fourth-order valence-corrected chi connectivity index (χ4v) is 13.0. The first-order chi connectivity index (χ1) is 40.1. The SMILES string of the molecule is CC[C@H]1OC(=O)[C@H](C)[C@@H](CO[C@H]2C[C@H](C)[C@@H](OC(=O)CNC(=O)CCOCCOCCNc3cc4c(cc3F)c(=O)c(C(=O)O)cn4C3CC3)[C@H](C)O2)[C@H](C)[C@@H](O[C@H]2C[C@@H](N(C)C)C[C@@H](C)O2)[C@](C)(O)C[C@@H](C)CN(C)[C@H](C)[C@@H]2OC(=O)O[C@]12C. The van der Waals surface area contributed by atoms with E-state index in [4.69, 9.17) is 47.4 Å². The number of carbonyl (C=O) groups is 5. The Labute approximate surface area is 498 Å². The average Bonchev–Trinajstić information content (AvgIpc) is 2.60. The third-order valence-electron chi connectivity index (χ3n) is 17.9. The van der Waals surface area contributed by atoms with Gasteiger partial charge in [-0.3, -0.25) is 24.1 Å². The van der Waals surface area contributed by atoms with Crippen LogP contribution in [-0.2, 0) is 61.8 Å². The number of ether oxygens (including phenoxy) is 10. The molecule has 17 atom stereocenters. The lowest BCUT2D eigenvalue weighted by molar-refractivity contribution is -0.271. The summed E-state index contributed by atoms with van der Waals surface area (Å²) in [5.41, 5.74) is -3.29. The molecule has 1 aromatic carbocycles. The second kappa shape index (κ2) is 29.3. The van der Waals surface area contributed by atoms with E-state index in [-0.39, 0.29) is 99.7 Å². The van der Waals surface area contributed by atoms with E-state index < -0.39 is 119 Å². The number of cyclic esters (lactones) is 1. The Balaban J connectivity index is 0.903. The second-order valence-electron chi connectivity index (χ2n) is 25.2. The van der Waals surface area contributed by atoms with Crippen LogP contribution in [0.25, 0.3) is 10.9 Å². The number of aliphatic hydroxyl groups is 1. The number of carboxylic acid groups (broad SMARTS) is 1. The Kier molecular flexibility index (Phi) is 23.3. The van der Waals surface area contributed by atoms with Gasteiger partial charge in [-0.2, -0.15) is 0 Å². The summed E-state index contributed by atoms with van der Waals surface area (Å²) < 4.78 is 78.3. The molecule has 1 amide bonds. The molecule has 23 nitrogen and oxygen atoms in total. The third-order valence-corrected chi connectivity index (χ3v) is 17.9. The fraction of sp³-hybridized carbons (Fsp3) is 0.770. The molecule has 0 radical (unpaired) electrons. The summed E-state index contributed by atoms with van der Waals surface area (Å²) in [5, 5.41) is 27.8. The highest BCUT2D eigenvalue weighted by atomic mass is 19.1. The average molecular weight is 1200 g/mol. The number of hydrogen-bond donors (Lipinski definition) is 4. The number of pyridine rings is 1. The number of aromatic nitrogens is 1. The number of halogens is 1. The summed E-state index contributed by atoms with van der Waals surface area (Å²) >= 11 is 0. The minimum atomic E-state index is -1.45. The van der Waals surface area contributed by atoms with Gasteiger partial charge in [-0.15, -0.1) is 0 Å². The highest BCUT2D eigenvalue weighted by Gasteiger charge is 2.58. The maximum absolute atomic E-state index is 15.0. The Morgan fingerprint density at radius 1 is 0.918 bits per heavy atom. The molecule has 478 valence electrons. The van der Waals surface area contributed by atoms with Gasteiger partial charge in [-0.1, -0.05) is 34.6 Å². The number of anilines is 1. The van der Waals surface area contributed by atoms with Crippen LogP contribution >= 0.6 is 0 Å². The number of carbonyl (C=O) groups excluding carboxylic acids is 4. The van der Waals surface area contributed by atoms with Crippen LogP contribution < -0.4 is 16.1 Å². The molecule has 4 saturated heterocycles. The predicted molar refractivity (Wildman–Crippen MR) is 309 cm³/mol. The van der Waals surface area contributed by atoms with E-state index in [1.165, 1.54) is 12.3 Å². The number of nitrogens with zero attached hydrogens (tertiary/aromatic N) is 3. The molecule has 24 heteroatoms. The van der Waals surface area contributed by atoms with E-state index in [2.05, 4.69) is 27.4 Å². The van der Waals surface area contributed by atoms with E-state index in [0.717, 1.165) is 25.3 Å². The molecule has 2 aromatic rings. The van der Waals surface area contributed by atoms with Gasteiger partial charge in [-0.25, -0.2) is 14.0 Å². The normalized spacial score (nSPS) is 34.3. The smallest absolute Gasteiger partial charge is 0.477 e. The van der Waals surface area contributed by atoms with Crippen molar-refractivity contribution in [2.45, 2.75) is 199 Å². The Morgan fingerprint density at radius 2 is 1.62 bits per heavy atom. The minimum absolute atomic E-state index is 0.00479. The molecule has 0 bridgehead atoms. The molecule has 1 saturated carbocycles. The maximum atomic E-state index is 15.0. The maximum Gasteiger partial charge on any atom is 0.509 e. The molecule has 7 rings (SSSR count). The molecular weight excluding hydrogens is 1110 g/mol. The van der Waals surface area contributed by atoms with Crippen molar-refractivity contribution >= 4 is 46.6 Å². The van der Waals surface area contributed by atoms with Gasteiger partial charge in [0.05, 0.1) is 74.1 Å². The van der Waals surface area contributed by atoms with Crippen molar-refractivity contribution in [1.82, 2.24) is 19.7 Å². The van der Waals surface area contributed by atoms with Gasteiger partial charge in [0.1, 0.15) is 30.1 Å². The van der Waals surface area contributed by atoms with Crippen LogP contribution in [0.15, 0.2) is 23.1 Å². The molecule has 4 aliphatic heterocycles. The van der Waals surface area contributed by atoms with Crippen LogP contribution in [0.3, 0.4) is 0 Å². The lowest BCUT2D eigenvalue weighted by Crippen LogP contribution is -2.57. The van der Waals surface area contributed by atoms with Gasteiger partial charge in [0, 0.05) is 73.9 Å². The van der Waals surface area contributed by atoms with Crippen molar-refractivity contribution in [3.8, 4) is 0 Å². The summed E-state index contributed by atoms with van der Waals surface area (Å²) in [6.07, 6.45) is -0.883. The quantitative estimate of drug-likeness (QED) is 0.0574. The van der Waals surface area contributed by atoms with Crippen LogP contribution in [0.5, 0.6) is 0 Å². The first-order valence-corrected chi connectivity index (χ1v) is 30.4. The number of rotatable bonds is 22. The predicted octanol–water partition coefficient (Wildman–Crippen LogP) is 6.28. The van der Waals surface area contributed by atoms with Crippen LogP contribution in [0, 0.1) is 35.4 Å². The number of hydrogen-bond acceptors (Lipinski definition) is 20. The fourth-order valence-electron chi connectivity index (χ4n) is 13.0. The van der Waals surface area contributed by atoms with Gasteiger partial charge < -0.3 is 77.7 Å². The van der Waals surface area contributed by atoms with Crippen molar-refractivity contribution in [2.24, 2.45) is 29.6 Å². The van der Waals surface area contributed by atoms with Crippen molar-refractivity contribution in [3.63, 3.8) is 0 Å². The van der Waals surface area contributed by atoms with Crippen molar-refractivity contribution in [3.05, 3.63) is 39.9 Å². The number of amides is 1. The van der Waals surface area contributed by atoms with Crippen LogP contribution in [-0.4, -0.2) is 201 Å². The molecule has 4 N–H and O–H groups in total. The third kappa shape index (κ3) is 17.0.